The van der Waals surface area contributed by atoms with Gasteiger partial charge in [0, 0.05) is 32.1 Å². The minimum atomic E-state index is -0.554. The first kappa shape index (κ1) is 18.5. The Morgan fingerprint density at radius 1 is 1.42 bits per heavy atom. The van der Waals surface area contributed by atoms with E-state index in [1.807, 2.05) is 17.9 Å². The van der Waals surface area contributed by atoms with Crippen molar-refractivity contribution in [1.29, 1.82) is 5.26 Å². The minimum Gasteiger partial charge on any atom is -0.424 e. The Kier molecular flexibility index (Phi) is 5.61. The molecule has 8 heteroatoms. The quantitative estimate of drug-likeness (QED) is 0.835. The molecule has 0 saturated carbocycles. The average Bonchev–Trinajstić information content (AvgIpc) is 3.20. The largest absolute Gasteiger partial charge is 0.424 e. The van der Waals surface area contributed by atoms with Gasteiger partial charge in [0.2, 0.25) is 11.8 Å². The van der Waals surface area contributed by atoms with Crippen LogP contribution in [-0.4, -0.2) is 56.9 Å². The van der Waals surface area contributed by atoms with Gasteiger partial charge in [-0.1, -0.05) is 6.92 Å². The Labute approximate surface area is 151 Å². The van der Waals surface area contributed by atoms with E-state index in [1.54, 1.807) is 13.0 Å². The molecule has 0 bridgehead atoms. The van der Waals surface area contributed by atoms with Crippen molar-refractivity contribution < 1.29 is 13.9 Å². The molecule has 0 radical (unpaired) electrons. The summed E-state index contributed by atoms with van der Waals surface area (Å²) in [4.78, 5) is 4.08. The molecule has 138 valence electrons. The number of hydrogen-bond acceptors (Lipinski definition) is 7. The SMILES string of the molecule is CCN(Cc1nnc(C)o1)C1CN(Cc2cc(C#N)ccc2F)C[C@H]1O. The maximum atomic E-state index is 14.0. The summed E-state index contributed by atoms with van der Waals surface area (Å²) in [6.07, 6.45) is -0.554. The molecule has 1 saturated heterocycles. The summed E-state index contributed by atoms with van der Waals surface area (Å²) in [5.74, 6) is 0.691. The van der Waals surface area contributed by atoms with E-state index in [1.165, 1.54) is 12.1 Å². The zero-order chi connectivity index (χ0) is 18.7. The van der Waals surface area contributed by atoms with Crippen LogP contribution in [0.3, 0.4) is 0 Å². The highest BCUT2D eigenvalue weighted by Crippen LogP contribution is 2.22. The number of hydrogen-bond donors (Lipinski definition) is 1. The van der Waals surface area contributed by atoms with E-state index in [0.29, 0.717) is 49.1 Å². The molecule has 1 aliphatic rings. The molecule has 2 atom stereocenters. The van der Waals surface area contributed by atoms with Crippen LogP contribution in [0.1, 0.15) is 29.8 Å². The highest BCUT2D eigenvalue weighted by Gasteiger charge is 2.35. The van der Waals surface area contributed by atoms with E-state index < -0.39 is 6.10 Å². The molecule has 3 rings (SSSR count). The van der Waals surface area contributed by atoms with Crippen molar-refractivity contribution in [1.82, 2.24) is 20.0 Å². The topological polar surface area (TPSA) is 89.4 Å². The van der Waals surface area contributed by atoms with Crippen LogP contribution in [0.25, 0.3) is 0 Å². The lowest BCUT2D eigenvalue weighted by atomic mass is 10.1. The predicted octanol–water partition coefficient (Wildman–Crippen LogP) is 1.46. The maximum absolute atomic E-state index is 14.0. The number of aliphatic hydroxyl groups excluding tert-OH is 1. The van der Waals surface area contributed by atoms with Crippen LogP contribution in [0, 0.1) is 24.1 Å². The molecule has 1 N–H and O–H groups in total. The van der Waals surface area contributed by atoms with E-state index in [2.05, 4.69) is 15.1 Å². The van der Waals surface area contributed by atoms with Crippen LogP contribution in [-0.2, 0) is 13.1 Å². The van der Waals surface area contributed by atoms with Crippen molar-refractivity contribution in [2.24, 2.45) is 0 Å². The second kappa shape index (κ2) is 7.91. The molecule has 26 heavy (non-hydrogen) atoms. The summed E-state index contributed by atoms with van der Waals surface area (Å²) in [5.41, 5.74) is 0.895. The molecule has 2 aromatic rings. The molecule has 1 unspecified atom stereocenters. The van der Waals surface area contributed by atoms with Crippen molar-refractivity contribution in [2.75, 3.05) is 19.6 Å². The summed E-state index contributed by atoms with van der Waals surface area (Å²) < 4.78 is 19.5. The van der Waals surface area contributed by atoms with Gasteiger partial charge in [-0.3, -0.25) is 9.80 Å². The zero-order valence-electron chi connectivity index (χ0n) is 14.9. The van der Waals surface area contributed by atoms with Gasteiger partial charge in [0.05, 0.1) is 30.3 Å². The second-order valence-corrected chi connectivity index (χ2v) is 6.52. The van der Waals surface area contributed by atoms with Crippen LogP contribution in [0.5, 0.6) is 0 Å². The van der Waals surface area contributed by atoms with Gasteiger partial charge < -0.3 is 9.52 Å². The number of likely N-dealkylation sites (tertiary alicyclic amines) is 1. The second-order valence-electron chi connectivity index (χ2n) is 6.52. The van der Waals surface area contributed by atoms with E-state index in [0.717, 1.165) is 6.54 Å². The monoisotopic (exact) mass is 359 g/mol. The fraction of sp³-hybridized carbons (Fsp3) is 0.500. The van der Waals surface area contributed by atoms with Gasteiger partial charge >= 0.3 is 0 Å². The van der Waals surface area contributed by atoms with Crippen molar-refractivity contribution in [3.05, 3.63) is 46.9 Å². The van der Waals surface area contributed by atoms with Crippen LogP contribution < -0.4 is 0 Å². The van der Waals surface area contributed by atoms with Gasteiger partial charge in [0.1, 0.15) is 5.82 Å². The lowest BCUT2D eigenvalue weighted by Crippen LogP contribution is -2.42. The summed E-state index contributed by atoms with van der Waals surface area (Å²) >= 11 is 0. The number of halogens is 1. The van der Waals surface area contributed by atoms with Gasteiger partial charge in [-0.25, -0.2) is 4.39 Å². The average molecular weight is 359 g/mol. The highest BCUT2D eigenvalue weighted by atomic mass is 19.1. The maximum Gasteiger partial charge on any atom is 0.230 e. The van der Waals surface area contributed by atoms with Gasteiger partial charge in [-0.15, -0.1) is 10.2 Å². The molecular weight excluding hydrogens is 337 g/mol. The minimum absolute atomic E-state index is 0.102. The van der Waals surface area contributed by atoms with Gasteiger partial charge in [0.25, 0.3) is 0 Å². The van der Waals surface area contributed by atoms with Gasteiger partial charge in [0.15, 0.2) is 0 Å². The molecule has 1 aromatic carbocycles. The van der Waals surface area contributed by atoms with Crippen molar-refractivity contribution in [3.8, 4) is 6.07 Å². The smallest absolute Gasteiger partial charge is 0.230 e. The summed E-state index contributed by atoms with van der Waals surface area (Å²) in [6.45, 7) is 6.32. The molecule has 1 fully saturated rings. The van der Waals surface area contributed by atoms with Crippen LogP contribution >= 0.6 is 0 Å². The first-order chi connectivity index (χ1) is 12.5. The predicted molar refractivity (Wildman–Crippen MR) is 91.3 cm³/mol. The number of aryl methyl sites for hydroxylation is 1. The molecule has 1 aliphatic heterocycles. The number of nitriles is 1. The summed E-state index contributed by atoms with van der Waals surface area (Å²) in [7, 11) is 0. The Bertz CT molecular complexity index is 803. The number of aromatic nitrogens is 2. The number of nitrogens with zero attached hydrogens (tertiary/aromatic N) is 5. The number of rotatable bonds is 6. The molecule has 2 heterocycles. The Morgan fingerprint density at radius 2 is 2.23 bits per heavy atom. The van der Waals surface area contributed by atoms with E-state index >= 15 is 0 Å². The first-order valence-electron chi connectivity index (χ1n) is 8.62. The third-order valence-corrected chi connectivity index (χ3v) is 4.68. The van der Waals surface area contributed by atoms with Crippen LogP contribution in [0.2, 0.25) is 0 Å². The Hall–Kier alpha value is -2.34. The normalized spacial score (nSPS) is 20.6. The van der Waals surface area contributed by atoms with E-state index in [9.17, 15) is 9.50 Å². The fourth-order valence-corrected chi connectivity index (χ4v) is 3.38. The first-order valence-corrected chi connectivity index (χ1v) is 8.62. The van der Waals surface area contributed by atoms with E-state index in [4.69, 9.17) is 9.68 Å². The third kappa shape index (κ3) is 4.07. The standard InChI is InChI=1S/C18H22FN5O2/c1-3-24(11-18-22-21-12(2)26-18)16-9-23(10-17(16)25)8-14-6-13(7-20)4-5-15(14)19/h4-6,16-17,25H,3,8-11H2,1-2H3/t16?,17-/m1/s1. The molecule has 0 spiro atoms. The summed E-state index contributed by atoms with van der Waals surface area (Å²) in [5, 5.41) is 27.3. The number of likely N-dealkylation sites (N-methyl/N-ethyl adjacent to an activating group) is 1. The highest BCUT2D eigenvalue weighted by molar-refractivity contribution is 5.33. The summed E-state index contributed by atoms with van der Waals surface area (Å²) in [6, 6.07) is 6.27. The van der Waals surface area contributed by atoms with Gasteiger partial charge in [-0.2, -0.15) is 5.26 Å². The van der Waals surface area contributed by atoms with E-state index in [-0.39, 0.29) is 11.9 Å². The number of benzene rings is 1. The van der Waals surface area contributed by atoms with Gasteiger partial charge in [-0.05, 0) is 24.7 Å². The molecule has 7 nitrogen and oxygen atoms in total. The van der Waals surface area contributed by atoms with Crippen LogP contribution in [0.15, 0.2) is 22.6 Å². The van der Waals surface area contributed by atoms with Crippen molar-refractivity contribution >= 4 is 0 Å². The molecule has 0 amide bonds. The Morgan fingerprint density at radius 3 is 2.88 bits per heavy atom. The van der Waals surface area contributed by atoms with Crippen molar-refractivity contribution in [2.45, 2.75) is 39.1 Å². The Balaban J connectivity index is 1.67. The van der Waals surface area contributed by atoms with Crippen LogP contribution in [0.4, 0.5) is 4.39 Å². The van der Waals surface area contributed by atoms with Crippen molar-refractivity contribution in [3.63, 3.8) is 0 Å². The number of aliphatic hydroxyl groups is 1. The molecule has 0 aliphatic carbocycles. The lowest BCUT2D eigenvalue weighted by Gasteiger charge is -2.28. The molecule has 1 aromatic heterocycles. The lowest BCUT2D eigenvalue weighted by molar-refractivity contribution is 0.0760. The number of β-amino-alcohol motifs (C(OH)–C–C–N with tert-alkyl or cyclic N) is 1. The third-order valence-electron chi connectivity index (χ3n) is 4.68. The zero-order valence-corrected chi connectivity index (χ0v) is 14.9. The fourth-order valence-electron chi connectivity index (χ4n) is 3.38. The molecular formula is C18H22FN5O2.